The zero-order chi connectivity index (χ0) is 10.3. The average Bonchev–Trinajstić information content (AvgIpc) is 2.16. The monoisotopic (exact) mass is 191 g/mol. The zero-order valence-corrected chi connectivity index (χ0v) is 9.56. The molecule has 1 N–H and O–H groups in total. The van der Waals surface area contributed by atoms with Gasteiger partial charge in [0.1, 0.15) is 0 Å². The van der Waals surface area contributed by atoms with Gasteiger partial charge in [-0.2, -0.15) is 0 Å². The lowest BCUT2D eigenvalue weighted by Gasteiger charge is -2.47. The normalized spacial score (nSPS) is 43.1. The Bertz CT molecular complexity index is 290. The van der Waals surface area contributed by atoms with Crippen molar-refractivity contribution < 1.29 is 0 Å². The molecule has 2 aliphatic carbocycles. The van der Waals surface area contributed by atoms with E-state index < -0.39 is 0 Å². The highest BCUT2D eigenvalue weighted by molar-refractivity contribution is 5.85. The number of allylic oxidation sites excluding steroid dienone is 2. The van der Waals surface area contributed by atoms with Crippen molar-refractivity contribution in [3.8, 4) is 0 Å². The Balaban J connectivity index is 2.32. The highest BCUT2D eigenvalue weighted by atomic mass is 14.5. The molecule has 1 heteroatoms. The third-order valence-electron chi connectivity index (χ3n) is 4.68. The van der Waals surface area contributed by atoms with E-state index in [1.54, 1.807) is 5.57 Å². The van der Waals surface area contributed by atoms with Crippen LogP contribution >= 0.6 is 0 Å². The molecular weight excluding hydrogens is 170 g/mol. The molecule has 0 bridgehead atoms. The van der Waals surface area contributed by atoms with Crippen molar-refractivity contribution >= 4 is 5.71 Å². The van der Waals surface area contributed by atoms with Crippen molar-refractivity contribution in [1.82, 2.24) is 0 Å². The van der Waals surface area contributed by atoms with E-state index >= 15 is 0 Å². The van der Waals surface area contributed by atoms with Gasteiger partial charge < -0.3 is 5.41 Å². The summed E-state index contributed by atoms with van der Waals surface area (Å²) in [4.78, 5) is 0. The van der Waals surface area contributed by atoms with Crippen LogP contribution < -0.4 is 0 Å². The summed E-state index contributed by atoms with van der Waals surface area (Å²) in [7, 11) is 0. The van der Waals surface area contributed by atoms with Crippen LogP contribution in [0.25, 0.3) is 0 Å². The molecule has 2 aliphatic rings. The molecule has 0 spiro atoms. The summed E-state index contributed by atoms with van der Waals surface area (Å²) in [6.45, 7) is 7.17. The van der Waals surface area contributed by atoms with Crippen LogP contribution in [0.15, 0.2) is 11.6 Å². The van der Waals surface area contributed by atoms with Crippen molar-refractivity contribution in [2.24, 2.45) is 17.3 Å². The molecule has 0 aromatic rings. The molecule has 0 radical (unpaired) electrons. The fraction of sp³-hybridized carbons (Fsp3) is 0.769. The minimum Gasteiger partial charge on any atom is -0.309 e. The molecule has 3 atom stereocenters. The van der Waals surface area contributed by atoms with E-state index in [1.807, 2.05) is 0 Å². The maximum absolute atomic E-state index is 7.77. The van der Waals surface area contributed by atoms with Gasteiger partial charge in [-0.05, 0) is 36.5 Å². The standard InChI is InChI=1S/C13H21N/c1-9-4-5-11-8-12(14)6-7-13(11,3)10(9)2/h5,9-10,14H,4,6-8H2,1-3H3/t9?,10?,13-/m1/s1. The van der Waals surface area contributed by atoms with Gasteiger partial charge >= 0.3 is 0 Å². The van der Waals surface area contributed by atoms with Crippen LogP contribution in [0, 0.1) is 22.7 Å². The topological polar surface area (TPSA) is 23.9 Å². The maximum atomic E-state index is 7.77. The number of nitrogens with one attached hydrogen (secondary N) is 1. The van der Waals surface area contributed by atoms with Gasteiger partial charge in [0.25, 0.3) is 0 Å². The van der Waals surface area contributed by atoms with Crippen LogP contribution in [0.1, 0.15) is 46.5 Å². The first-order chi connectivity index (χ1) is 6.54. The highest BCUT2D eigenvalue weighted by Crippen LogP contribution is 2.51. The second-order valence-corrected chi connectivity index (χ2v) is 5.43. The summed E-state index contributed by atoms with van der Waals surface area (Å²) >= 11 is 0. The maximum Gasteiger partial charge on any atom is 0.0130 e. The molecule has 2 rings (SSSR count). The van der Waals surface area contributed by atoms with Crippen LogP contribution in [-0.4, -0.2) is 5.71 Å². The minimum atomic E-state index is 0.405. The van der Waals surface area contributed by atoms with Gasteiger partial charge in [0, 0.05) is 12.1 Å². The van der Waals surface area contributed by atoms with E-state index in [1.165, 1.54) is 12.8 Å². The number of rotatable bonds is 0. The Morgan fingerprint density at radius 2 is 2.14 bits per heavy atom. The minimum absolute atomic E-state index is 0.405. The summed E-state index contributed by atoms with van der Waals surface area (Å²) in [6, 6.07) is 0. The third-order valence-corrected chi connectivity index (χ3v) is 4.68. The molecule has 1 saturated carbocycles. The molecule has 78 valence electrons. The molecule has 0 aliphatic heterocycles. The van der Waals surface area contributed by atoms with E-state index in [0.29, 0.717) is 5.41 Å². The summed E-state index contributed by atoms with van der Waals surface area (Å²) in [5.41, 5.74) is 2.90. The lowest BCUT2D eigenvalue weighted by molar-refractivity contribution is 0.151. The molecule has 1 fully saturated rings. The second-order valence-electron chi connectivity index (χ2n) is 5.43. The van der Waals surface area contributed by atoms with Gasteiger partial charge in [-0.25, -0.2) is 0 Å². The van der Waals surface area contributed by atoms with Gasteiger partial charge in [-0.1, -0.05) is 32.4 Å². The van der Waals surface area contributed by atoms with Crippen molar-refractivity contribution in [1.29, 1.82) is 5.41 Å². The van der Waals surface area contributed by atoms with E-state index in [-0.39, 0.29) is 0 Å². The second kappa shape index (κ2) is 3.22. The van der Waals surface area contributed by atoms with Gasteiger partial charge in [0.05, 0.1) is 0 Å². The van der Waals surface area contributed by atoms with E-state index in [4.69, 9.17) is 5.41 Å². The Morgan fingerprint density at radius 3 is 2.86 bits per heavy atom. The Kier molecular flexibility index (Phi) is 2.29. The van der Waals surface area contributed by atoms with E-state index in [0.717, 1.165) is 30.4 Å². The van der Waals surface area contributed by atoms with Crippen molar-refractivity contribution in [3.05, 3.63) is 11.6 Å². The fourth-order valence-electron chi connectivity index (χ4n) is 3.08. The molecule has 0 saturated heterocycles. The first-order valence-electron chi connectivity index (χ1n) is 5.80. The van der Waals surface area contributed by atoms with Crippen LogP contribution in [0.2, 0.25) is 0 Å². The van der Waals surface area contributed by atoms with Gasteiger partial charge in [0.2, 0.25) is 0 Å². The molecule has 0 aromatic heterocycles. The van der Waals surface area contributed by atoms with Crippen LogP contribution in [0.5, 0.6) is 0 Å². The summed E-state index contributed by atoms with van der Waals surface area (Å²) in [6.07, 6.45) is 6.80. The molecule has 0 aromatic carbocycles. The smallest absolute Gasteiger partial charge is 0.0130 e. The van der Waals surface area contributed by atoms with Gasteiger partial charge in [-0.15, -0.1) is 0 Å². The Hall–Kier alpha value is -0.590. The highest BCUT2D eigenvalue weighted by Gasteiger charge is 2.42. The first-order valence-corrected chi connectivity index (χ1v) is 5.80. The van der Waals surface area contributed by atoms with Crippen LogP contribution in [0.3, 0.4) is 0 Å². The average molecular weight is 191 g/mol. The van der Waals surface area contributed by atoms with E-state index in [9.17, 15) is 0 Å². The molecule has 14 heavy (non-hydrogen) atoms. The summed E-state index contributed by atoms with van der Waals surface area (Å²) in [5, 5.41) is 7.77. The van der Waals surface area contributed by atoms with Crippen molar-refractivity contribution in [2.45, 2.75) is 46.5 Å². The Labute approximate surface area is 87.1 Å². The largest absolute Gasteiger partial charge is 0.309 e. The van der Waals surface area contributed by atoms with Crippen LogP contribution in [-0.2, 0) is 0 Å². The predicted molar refractivity (Wildman–Crippen MR) is 60.7 cm³/mol. The number of hydrogen-bond acceptors (Lipinski definition) is 1. The molecule has 1 nitrogen and oxygen atoms in total. The fourth-order valence-corrected chi connectivity index (χ4v) is 3.08. The lowest BCUT2D eigenvalue weighted by Crippen LogP contribution is -2.38. The lowest BCUT2D eigenvalue weighted by atomic mass is 9.58. The van der Waals surface area contributed by atoms with Crippen molar-refractivity contribution in [3.63, 3.8) is 0 Å². The predicted octanol–water partition coefficient (Wildman–Crippen LogP) is 3.80. The third kappa shape index (κ3) is 1.34. The zero-order valence-electron chi connectivity index (χ0n) is 9.56. The number of fused-ring (bicyclic) bond motifs is 1. The molecule has 0 amide bonds. The summed E-state index contributed by atoms with van der Waals surface area (Å²) < 4.78 is 0. The van der Waals surface area contributed by atoms with Gasteiger partial charge in [-0.3, -0.25) is 0 Å². The van der Waals surface area contributed by atoms with Crippen LogP contribution in [0.4, 0.5) is 0 Å². The molecule has 2 unspecified atom stereocenters. The van der Waals surface area contributed by atoms with Crippen molar-refractivity contribution in [2.75, 3.05) is 0 Å². The Morgan fingerprint density at radius 1 is 1.43 bits per heavy atom. The van der Waals surface area contributed by atoms with Gasteiger partial charge in [0.15, 0.2) is 0 Å². The first kappa shape index (κ1) is 9.95. The molecular formula is C13H21N. The SMILES string of the molecule is CC1CC=C2CC(=N)CC[C@]2(C)C1C. The summed E-state index contributed by atoms with van der Waals surface area (Å²) in [5.74, 6) is 1.60. The molecule has 0 heterocycles. The quantitative estimate of drug-likeness (QED) is 0.563. The van der Waals surface area contributed by atoms with E-state index in [2.05, 4.69) is 26.8 Å². The number of hydrogen-bond donors (Lipinski definition) is 1.